The number of halogens is 3. The molecule has 1 aliphatic heterocycles. The van der Waals surface area contributed by atoms with E-state index in [9.17, 15) is 9.59 Å². The maximum Gasteiger partial charge on any atom is 0.270 e. The summed E-state index contributed by atoms with van der Waals surface area (Å²) in [7, 11) is 0. The first-order valence-corrected chi connectivity index (χ1v) is 10.1. The number of carbonyl (C=O) groups is 2. The second kappa shape index (κ2) is 8.24. The number of hydrogen-bond acceptors (Lipinski definition) is 4. The normalized spacial score (nSPS) is 15.6. The van der Waals surface area contributed by atoms with Crippen LogP contribution in [0.3, 0.4) is 0 Å². The van der Waals surface area contributed by atoms with Crippen LogP contribution in [0.4, 0.5) is 5.69 Å². The molecule has 150 valence electrons. The molecule has 2 heterocycles. The first-order chi connectivity index (χ1) is 14.3. The van der Waals surface area contributed by atoms with Gasteiger partial charge in [0.2, 0.25) is 0 Å². The summed E-state index contributed by atoms with van der Waals surface area (Å²) in [5, 5.41) is 3.96. The molecule has 0 atom stereocenters. The van der Waals surface area contributed by atoms with Gasteiger partial charge in [0, 0.05) is 15.6 Å². The third-order valence-electron chi connectivity index (χ3n) is 4.29. The molecule has 0 spiro atoms. The number of furan rings is 1. The zero-order valence-corrected chi connectivity index (χ0v) is 18.1. The highest BCUT2D eigenvalue weighted by Crippen LogP contribution is 2.32. The van der Waals surface area contributed by atoms with E-state index < -0.39 is 11.8 Å². The Morgan fingerprint density at radius 3 is 2.37 bits per heavy atom. The van der Waals surface area contributed by atoms with E-state index in [1.807, 2.05) is 0 Å². The van der Waals surface area contributed by atoms with Gasteiger partial charge in [-0.3, -0.25) is 19.8 Å². The number of benzene rings is 2. The molecule has 30 heavy (non-hydrogen) atoms. The van der Waals surface area contributed by atoms with Crippen LogP contribution in [0.5, 0.6) is 0 Å². The minimum atomic E-state index is -0.617. The lowest BCUT2D eigenvalue weighted by molar-refractivity contribution is -0.122. The van der Waals surface area contributed by atoms with Gasteiger partial charge in [0.25, 0.3) is 11.8 Å². The summed E-state index contributed by atoms with van der Waals surface area (Å²) in [5.74, 6) is -0.453. The number of rotatable bonds is 3. The van der Waals surface area contributed by atoms with Crippen LogP contribution in [0.2, 0.25) is 15.1 Å². The Hall–Kier alpha value is -2.64. The Morgan fingerprint density at radius 1 is 0.933 bits per heavy atom. The number of nitrogens with one attached hydrogen (secondary N) is 1. The predicted molar refractivity (Wildman–Crippen MR) is 122 cm³/mol. The van der Waals surface area contributed by atoms with E-state index in [1.54, 1.807) is 54.6 Å². The Labute approximate surface area is 191 Å². The van der Waals surface area contributed by atoms with Gasteiger partial charge in [-0.1, -0.05) is 34.8 Å². The number of amides is 2. The van der Waals surface area contributed by atoms with Crippen molar-refractivity contribution in [2.75, 3.05) is 4.90 Å². The van der Waals surface area contributed by atoms with Crippen molar-refractivity contribution >= 4 is 75.7 Å². The van der Waals surface area contributed by atoms with E-state index in [-0.39, 0.29) is 10.7 Å². The molecule has 3 aromatic rings. The quantitative estimate of drug-likeness (QED) is 0.297. The maximum absolute atomic E-state index is 13.0. The first-order valence-electron chi connectivity index (χ1n) is 8.56. The molecular weight excluding hydrogens is 467 g/mol. The van der Waals surface area contributed by atoms with Gasteiger partial charge in [-0.05, 0) is 72.9 Å². The van der Waals surface area contributed by atoms with Crippen molar-refractivity contribution in [2.45, 2.75) is 0 Å². The summed E-state index contributed by atoms with van der Waals surface area (Å²) in [6, 6.07) is 14.8. The fourth-order valence-electron chi connectivity index (χ4n) is 2.89. The molecule has 1 aromatic heterocycles. The van der Waals surface area contributed by atoms with E-state index >= 15 is 0 Å². The highest BCUT2D eigenvalue weighted by Gasteiger charge is 2.34. The molecule has 1 fully saturated rings. The van der Waals surface area contributed by atoms with Gasteiger partial charge in [-0.15, -0.1) is 0 Å². The minimum Gasteiger partial charge on any atom is -0.457 e. The van der Waals surface area contributed by atoms with Crippen LogP contribution in [0, 0.1) is 0 Å². The molecule has 4 rings (SSSR count). The van der Waals surface area contributed by atoms with Crippen LogP contribution >= 0.6 is 47.0 Å². The van der Waals surface area contributed by atoms with Crippen LogP contribution in [-0.4, -0.2) is 16.9 Å². The van der Waals surface area contributed by atoms with Crippen molar-refractivity contribution in [1.82, 2.24) is 5.32 Å². The molecule has 0 bridgehead atoms. The lowest BCUT2D eigenvalue weighted by atomic mass is 10.1. The Bertz CT molecular complexity index is 1220. The zero-order valence-electron chi connectivity index (χ0n) is 15.0. The van der Waals surface area contributed by atoms with E-state index in [2.05, 4.69) is 5.32 Å². The van der Waals surface area contributed by atoms with Gasteiger partial charge in [0.1, 0.15) is 17.1 Å². The fourth-order valence-corrected chi connectivity index (χ4v) is 3.68. The predicted octanol–water partition coefficient (Wildman–Crippen LogP) is 5.74. The second-order valence-electron chi connectivity index (χ2n) is 6.26. The van der Waals surface area contributed by atoms with Gasteiger partial charge in [0.15, 0.2) is 5.11 Å². The SMILES string of the molecule is O=C1NC(=S)N(c2ccc(Cl)cc2)C(=O)C1=Cc1ccc(-c2cc(Cl)ccc2Cl)o1. The van der Waals surface area contributed by atoms with Crippen molar-refractivity contribution in [3.63, 3.8) is 0 Å². The number of hydrogen-bond donors (Lipinski definition) is 1. The van der Waals surface area contributed by atoms with E-state index in [0.29, 0.717) is 37.8 Å². The molecule has 1 saturated heterocycles. The van der Waals surface area contributed by atoms with Crippen LogP contribution in [0.15, 0.2) is 64.6 Å². The molecular formula is C21H11Cl3N2O3S. The average molecular weight is 478 g/mol. The van der Waals surface area contributed by atoms with Crippen molar-refractivity contribution in [3.8, 4) is 11.3 Å². The Kier molecular flexibility index (Phi) is 5.66. The minimum absolute atomic E-state index is 0.0182. The Morgan fingerprint density at radius 2 is 1.63 bits per heavy atom. The van der Waals surface area contributed by atoms with E-state index in [0.717, 1.165) is 0 Å². The van der Waals surface area contributed by atoms with Gasteiger partial charge >= 0.3 is 0 Å². The Balaban J connectivity index is 1.69. The highest BCUT2D eigenvalue weighted by molar-refractivity contribution is 7.80. The molecule has 1 N–H and O–H groups in total. The summed E-state index contributed by atoms with van der Waals surface area (Å²) in [6.07, 6.45) is 1.35. The third-order valence-corrected chi connectivity index (χ3v) is 5.40. The molecule has 9 heteroatoms. The molecule has 1 aliphatic rings. The smallest absolute Gasteiger partial charge is 0.270 e. The van der Waals surface area contributed by atoms with Gasteiger partial charge in [-0.2, -0.15) is 0 Å². The van der Waals surface area contributed by atoms with Crippen molar-refractivity contribution in [1.29, 1.82) is 0 Å². The number of nitrogens with zero attached hydrogens (tertiary/aromatic N) is 1. The molecule has 5 nitrogen and oxygen atoms in total. The molecule has 0 unspecified atom stereocenters. The molecule has 2 aromatic carbocycles. The molecule has 0 radical (unpaired) electrons. The van der Waals surface area contributed by atoms with E-state index in [4.69, 9.17) is 51.4 Å². The monoisotopic (exact) mass is 476 g/mol. The molecule has 0 saturated carbocycles. The summed E-state index contributed by atoms with van der Waals surface area (Å²) >= 11 is 23.3. The van der Waals surface area contributed by atoms with Crippen molar-refractivity contribution < 1.29 is 14.0 Å². The molecule has 2 amide bonds. The van der Waals surface area contributed by atoms with E-state index in [1.165, 1.54) is 11.0 Å². The van der Waals surface area contributed by atoms with Crippen LogP contribution < -0.4 is 10.2 Å². The molecule has 0 aliphatic carbocycles. The third kappa shape index (κ3) is 4.00. The summed E-state index contributed by atoms with van der Waals surface area (Å²) < 4.78 is 5.77. The number of thiocarbonyl (C=S) groups is 1. The topological polar surface area (TPSA) is 62.6 Å². The lowest BCUT2D eigenvalue weighted by Crippen LogP contribution is -2.54. The maximum atomic E-state index is 13.0. The van der Waals surface area contributed by atoms with Crippen LogP contribution in [0.25, 0.3) is 17.4 Å². The number of carbonyl (C=O) groups excluding carboxylic acids is 2. The lowest BCUT2D eigenvalue weighted by Gasteiger charge is -2.28. The van der Waals surface area contributed by atoms with Gasteiger partial charge in [-0.25, -0.2) is 0 Å². The highest BCUT2D eigenvalue weighted by atomic mass is 35.5. The summed E-state index contributed by atoms with van der Waals surface area (Å²) in [5.41, 5.74) is 0.944. The van der Waals surface area contributed by atoms with Crippen molar-refractivity contribution in [2.24, 2.45) is 0 Å². The van der Waals surface area contributed by atoms with Crippen molar-refractivity contribution in [3.05, 3.63) is 81.0 Å². The van der Waals surface area contributed by atoms with Crippen LogP contribution in [-0.2, 0) is 9.59 Å². The second-order valence-corrected chi connectivity index (χ2v) is 7.93. The standard InChI is InChI=1S/C21H11Cl3N2O3S/c22-11-1-4-13(5-2-11)26-20(28)16(19(27)25-21(26)30)10-14-6-8-18(29-14)15-9-12(23)3-7-17(15)24/h1-10H,(H,25,27,30). The largest absolute Gasteiger partial charge is 0.457 e. The first kappa shape index (κ1) is 20.6. The zero-order chi connectivity index (χ0) is 21.4. The fraction of sp³-hybridized carbons (Fsp3) is 0. The summed E-state index contributed by atoms with van der Waals surface area (Å²) in [4.78, 5) is 26.6. The summed E-state index contributed by atoms with van der Waals surface area (Å²) in [6.45, 7) is 0. The average Bonchev–Trinajstić information content (AvgIpc) is 3.17. The number of anilines is 1. The van der Waals surface area contributed by atoms with Crippen LogP contribution in [0.1, 0.15) is 5.76 Å². The van der Waals surface area contributed by atoms with Gasteiger partial charge in [0.05, 0.1) is 10.7 Å². The van der Waals surface area contributed by atoms with Gasteiger partial charge < -0.3 is 4.42 Å².